The van der Waals surface area contributed by atoms with Gasteiger partial charge in [0.1, 0.15) is 0 Å². The van der Waals surface area contributed by atoms with E-state index < -0.39 is 0 Å². The molecule has 0 N–H and O–H groups in total. The SMILES string of the molecule is O=[N+]([O-])c1cc(Br)ccc1SCc1ccccc1Cl. The van der Waals surface area contributed by atoms with E-state index in [1.165, 1.54) is 17.8 Å². The van der Waals surface area contributed by atoms with Gasteiger partial charge in [-0.25, -0.2) is 0 Å². The first-order chi connectivity index (χ1) is 9.08. The highest BCUT2D eigenvalue weighted by molar-refractivity contribution is 9.10. The maximum atomic E-state index is 11.0. The van der Waals surface area contributed by atoms with Crippen LogP contribution in [0.15, 0.2) is 51.8 Å². The van der Waals surface area contributed by atoms with Gasteiger partial charge in [-0.3, -0.25) is 10.1 Å². The van der Waals surface area contributed by atoms with Crippen molar-refractivity contribution in [2.24, 2.45) is 0 Å². The maximum Gasteiger partial charge on any atom is 0.284 e. The highest BCUT2D eigenvalue weighted by atomic mass is 79.9. The molecular weight excluding hydrogens is 350 g/mol. The van der Waals surface area contributed by atoms with Gasteiger partial charge in [0.15, 0.2) is 0 Å². The molecule has 98 valence electrons. The van der Waals surface area contributed by atoms with Gasteiger partial charge < -0.3 is 0 Å². The van der Waals surface area contributed by atoms with Crippen molar-refractivity contribution in [3.05, 3.63) is 67.6 Å². The molecule has 0 radical (unpaired) electrons. The van der Waals surface area contributed by atoms with Gasteiger partial charge in [0, 0.05) is 21.3 Å². The van der Waals surface area contributed by atoms with Crippen molar-refractivity contribution in [3.63, 3.8) is 0 Å². The molecule has 0 unspecified atom stereocenters. The monoisotopic (exact) mass is 357 g/mol. The number of nitro benzene ring substituents is 1. The van der Waals surface area contributed by atoms with Crippen LogP contribution in [0.3, 0.4) is 0 Å². The molecule has 0 saturated carbocycles. The molecule has 0 aliphatic carbocycles. The van der Waals surface area contributed by atoms with Crippen LogP contribution in [0.2, 0.25) is 5.02 Å². The Hall–Kier alpha value is -1.04. The first-order valence-electron chi connectivity index (χ1n) is 5.38. The summed E-state index contributed by atoms with van der Waals surface area (Å²) in [6, 6.07) is 12.5. The molecule has 0 atom stereocenters. The fourth-order valence-electron chi connectivity index (χ4n) is 1.53. The summed E-state index contributed by atoms with van der Waals surface area (Å²) < 4.78 is 0.696. The van der Waals surface area contributed by atoms with E-state index in [9.17, 15) is 10.1 Å². The number of thioether (sulfide) groups is 1. The average molecular weight is 359 g/mol. The molecule has 0 bridgehead atoms. The van der Waals surface area contributed by atoms with E-state index in [0.717, 1.165) is 5.56 Å². The summed E-state index contributed by atoms with van der Waals surface area (Å²) in [5.41, 5.74) is 1.07. The molecule has 2 aromatic carbocycles. The highest BCUT2D eigenvalue weighted by Crippen LogP contribution is 2.34. The van der Waals surface area contributed by atoms with Crippen LogP contribution in [0.25, 0.3) is 0 Å². The minimum absolute atomic E-state index is 0.103. The summed E-state index contributed by atoms with van der Waals surface area (Å²) in [5, 5.41) is 11.7. The Bertz CT molecular complexity index is 621. The van der Waals surface area contributed by atoms with Crippen LogP contribution >= 0.6 is 39.3 Å². The van der Waals surface area contributed by atoms with Gasteiger partial charge in [-0.15, -0.1) is 11.8 Å². The van der Waals surface area contributed by atoms with Crippen LogP contribution in [-0.2, 0) is 5.75 Å². The third kappa shape index (κ3) is 3.72. The summed E-state index contributed by atoms with van der Waals surface area (Å²) in [7, 11) is 0. The summed E-state index contributed by atoms with van der Waals surface area (Å²) >= 11 is 10.7. The molecule has 0 amide bonds. The lowest BCUT2D eigenvalue weighted by molar-refractivity contribution is -0.387. The van der Waals surface area contributed by atoms with Crippen molar-refractivity contribution in [1.29, 1.82) is 0 Å². The molecule has 19 heavy (non-hydrogen) atoms. The lowest BCUT2D eigenvalue weighted by Crippen LogP contribution is -1.91. The Kier molecular flexibility index (Phi) is 4.85. The molecule has 0 spiro atoms. The second-order valence-corrected chi connectivity index (χ2v) is 6.09. The lowest BCUT2D eigenvalue weighted by atomic mass is 10.2. The van der Waals surface area contributed by atoms with Crippen molar-refractivity contribution in [3.8, 4) is 0 Å². The molecular formula is C13H9BrClNO2S. The predicted molar refractivity (Wildman–Crippen MR) is 81.8 cm³/mol. The molecule has 0 heterocycles. The van der Waals surface area contributed by atoms with E-state index in [2.05, 4.69) is 15.9 Å². The number of hydrogen-bond donors (Lipinski definition) is 0. The Morgan fingerprint density at radius 3 is 2.68 bits per heavy atom. The van der Waals surface area contributed by atoms with Gasteiger partial charge >= 0.3 is 0 Å². The standard InChI is InChI=1S/C13H9BrClNO2S/c14-10-5-6-13(12(7-10)16(17)18)19-8-9-3-1-2-4-11(9)15/h1-7H,8H2. The second kappa shape index (κ2) is 6.41. The minimum atomic E-state index is -0.375. The van der Waals surface area contributed by atoms with Gasteiger partial charge in [-0.1, -0.05) is 45.7 Å². The van der Waals surface area contributed by atoms with Crippen molar-refractivity contribution < 1.29 is 4.92 Å². The van der Waals surface area contributed by atoms with E-state index in [-0.39, 0.29) is 10.6 Å². The zero-order valence-corrected chi connectivity index (χ0v) is 12.8. The second-order valence-electron chi connectivity index (χ2n) is 3.75. The molecule has 0 aromatic heterocycles. The summed E-state index contributed by atoms with van der Waals surface area (Å²) in [4.78, 5) is 11.3. The van der Waals surface area contributed by atoms with E-state index >= 15 is 0 Å². The van der Waals surface area contributed by atoms with Crippen molar-refractivity contribution >= 4 is 45.0 Å². The molecule has 0 aliphatic rings. The van der Waals surface area contributed by atoms with E-state index in [1.807, 2.05) is 24.3 Å². The molecule has 2 aromatic rings. The maximum absolute atomic E-state index is 11.0. The molecule has 0 saturated heterocycles. The number of nitrogens with zero attached hydrogens (tertiary/aromatic N) is 1. The van der Waals surface area contributed by atoms with E-state index in [1.54, 1.807) is 12.1 Å². The van der Waals surface area contributed by atoms with Crippen molar-refractivity contribution in [1.82, 2.24) is 0 Å². The Balaban J connectivity index is 2.20. The number of halogens is 2. The first-order valence-corrected chi connectivity index (χ1v) is 7.54. The molecule has 0 fully saturated rings. The predicted octanol–water partition coefficient (Wildman–Crippen LogP) is 5.30. The number of rotatable bonds is 4. The fraction of sp³-hybridized carbons (Fsp3) is 0.0769. The van der Waals surface area contributed by atoms with Crippen LogP contribution in [0, 0.1) is 10.1 Å². The first kappa shape index (κ1) is 14.4. The van der Waals surface area contributed by atoms with Crippen molar-refractivity contribution in [2.75, 3.05) is 0 Å². The molecule has 3 nitrogen and oxygen atoms in total. The zero-order chi connectivity index (χ0) is 13.8. The van der Waals surface area contributed by atoms with Gasteiger partial charge in [-0.2, -0.15) is 0 Å². The zero-order valence-electron chi connectivity index (χ0n) is 9.68. The molecule has 2 rings (SSSR count). The largest absolute Gasteiger partial charge is 0.284 e. The van der Waals surface area contributed by atoms with Crippen LogP contribution in [0.5, 0.6) is 0 Å². The quantitative estimate of drug-likeness (QED) is 0.423. The number of nitro groups is 1. The topological polar surface area (TPSA) is 43.1 Å². The normalized spacial score (nSPS) is 10.4. The fourth-order valence-corrected chi connectivity index (χ4v) is 3.17. The summed E-state index contributed by atoms with van der Waals surface area (Å²) in [6.07, 6.45) is 0. The number of benzene rings is 2. The van der Waals surface area contributed by atoms with Crippen molar-refractivity contribution in [2.45, 2.75) is 10.6 Å². The van der Waals surface area contributed by atoms with Gasteiger partial charge in [0.25, 0.3) is 5.69 Å². The van der Waals surface area contributed by atoms with Crippen LogP contribution in [-0.4, -0.2) is 4.92 Å². The Morgan fingerprint density at radius 1 is 1.26 bits per heavy atom. The summed E-state index contributed by atoms with van der Waals surface area (Å²) in [5.74, 6) is 0.599. The average Bonchev–Trinajstić information content (AvgIpc) is 2.38. The van der Waals surface area contributed by atoms with E-state index in [4.69, 9.17) is 11.6 Å². The van der Waals surface area contributed by atoms with Gasteiger partial charge in [-0.05, 0) is 23.8 Å². The van der Waals surface area contributed by atoms with Gasteiger partial charge in [0.05, 0.1) is 9.82 Å². The molecule has 6 heteroatoms. The minimum Gasteiger partial charge on any atom is -0.258 e. The van der Waals surface area contributed by atoms with Crippen LogP contribution in [0.1, 0.15) is 5.56 Å². The third-order valence-corrected chi connectivity index (χ3v) is 4.43. The third-order valence-electron chi connectivity index (χ3n) is 2.46. The molecule has 0 aliphatic heterocycles. The van der Waals surface area contributed by atoms with Gasteiger partial charge in [0.2, 0.25) is 0 Å². The Morgan fingerprint density at radius 2 is 2.00 bits per heavy atom. The smallest absolute Gasteiger partial charge is 0.258 e. The number of hydrogen-bond acceptors (Lipinski definition) is 3. The van der Waals surface area contributed by atoms with Crippen LogP contribution < -0.4 is 0 Å². The Labute approximate surface area is 128 Å². The lowest BCUT2D eigenvalue weighted by Gasteiger charge is -2.05. The van der Waals surface area contributed by atoms with E-state index in [0.29, 0.717) is 20.1 Å². The summed E-state index contributed by atoms with van der Waals surface area (Å²) in [6.45, 7) is 0. The van der Waals surface area contributed by atoms with Crippen LogP contribution in [0.4, 0.5) is 5.69 Å². The highest BCUT2D eigenvalue weighted by Gasteiger charge is 2.14.